The molecule has 29 heavy (non-hydrogen) atoms. The van der Waals surface area contributed by atoms with Crippen LogP contribution in [0.15, 0.2) is 61.5 Å². The maximum atomic E-state index is 12.7. The summed E-state index contributed by atoms with van der Waals surface area (Å²) in [7, 11) is -6.26. The lowest BCUT2D eigenvalue weighted by Gasteiger charge is -2.11. The first-order valence-electron chi connectivity index (χ1n) is 8.86. The fraction of sp³-hybridized carbons (Fsp3) is 0.278. The molecule has 3 rings (SSSR count). The van der Waals surface area contributed by atoms with Gasteiger partial charge in [0, 0.05) is 19.7 Å². The average Bonchev–Trinajstić information content (AvgIpc) is 2.95. The van der Waals surface area contributed by atoms with Gasteiger partial charge < -0.3 is 4.42 Å². The molecule has 0 spiro atoms. The average molecular weight is 440 g/mol. The van der Waals surface area contributed by atoms with Gasteiger partial charge in [-0.15, -0.1) is 0 Å². The first kappa shape index (κ1) is 21.1. The van der Waals surface area contributed by atoms with Gasteiger partial charge in [0.05, 0.1) is 21.0 Å². The molecule has 0 aliphatic rings. The van der Waals surface area contributed by atoms with Crippen molar-refractivity contribution in [2.24, 2.45) is 7.05 Å². The van der Waals surface area contributed by atoms with Gasteiger partial charge in [0.15, 0.2) is 5.58 Å². The van der Waals surface area contributed by atoms with Crippen LogP contribution in [-0.4, -0.2) is 27.9 Å². The number of hydrogen-bond donors (Lipinski definition) is 2. The van der Waals surface area contributed by atoms with Crippen molar-refractivity contribution < 1.29 is 21.3 Å². The minimum atomic E-state index is -4.03. The summed E-state index contributed by atoms with van der Waals surface area (Å²) in [6.45, 7) is 2.25. The summed E-state index contributed by atoms with van der Waals surface area (Å²) in [4.78, 5) is 11.4. The van der Waals surface area contributed by atoms with Gasteiger partial charge in [-0.2, -0.15) is 0 Å². The monoisotopic (exact) mass is 439 g/mol. The van der Waals surface area contributed by atoms with E-state index < -0.39 is 25.8 Å². The molecule has 2 aromatic carbocycles. The van der Waals surface area contributed by atoms with Crippen LogP contribution >= 0.6 is 0 Å². The molecule has 2 N–H and O–H groups in total. The molecule has 0 aliphatic heterocycles. The number of unbranched alkanes of at least 4 members (excludes halogenated alkanes) is 1. The second kappa shape index (κ2) is 8.01. The number of nitrogens with one attached hydrogen (secondary N) is 2. The Balaban J connectivity index is 1.88. The fourth-order valence-electron chi connectivity index (χ4n) is 2.69. The quantitative estimate of drug-likeness (QED) is 0.517. The fourth-order valence-corrected chi connectivity index (χ4v) is 4.87. The number of benzene rings is 2. The minimum Gasteiger partial charge on any atom is -0.408 e. The third kappa shape index (κ3) is 4.52. The summed E-state index contributed by atoms with van der Waals surface area (Å²) >= 11 is 0. The number of anilines is 1. The van der Waals surface area contributed by atoms with Gasteiger partial charge in [-0.05, 0) is 36.8 Å². The lowest BCUT2D eigenvalue weighted by molar-refractivity contribution is 0.527. The molecule has 0 fully saturated rings. The smallest absolute Gasteiger partial charge is 0.408 e. The number of rotatable bonds is 8. The van der Waals surface area contributed by atoms with Crippen molar-refractivity contribution in [2.75, 3.05) is 11.3 Å². The molecular weight excluding hydrogens is 418 g/mol. The van der Waals surface area contributed by atoms with Crippen molar-refractivity contribution in [3.63, 3.8) is 0 Å². The van der Waals surface area contributed by atoms with E-state index in [-0.39, 0.29) is 21.1 Å². The van der Waals surface area contributed by atoms with Crippen molar-refractivity contribution in [3.8, 4) is 0 Å². The number of hydrogen-bond acceptors (Lipinski definition) is 6. The molecule has 1 heterocycles. The Bertz CT molecular complexity index is 1310. The maximum Gasteiger partial charge on any atom is 0.419 e. The lowest BCUT2D eigenvalue weighted by Crippen LogP contribution is -2.24. The number of aryl methyl sites for hydroxylation is 1. The molecule has 3 aromatic rings. The number of sulfonamides is 2. The zero-order chi connectivity index (χ0) is 21.2. The van der Waals surface area contributed by atoms with Crippen LogP contribution in [0.1, 0.15) is 19.8 Å². The molecule has 0 radical (unpaired) electrons. The van der Waals surface area contributed by atoms with Gasteiger partial charge in [0.2, 0.25) is 10.0 Å². The SMILES string of the molecule is CCCCNS(=O)(=O)c1cccc(NS(=O)(=O)c2ccc3c(c2)oc(=O)n3C)c1. The van der Waals surface area contributed by atoms with E-state index in [1.807, 2.05) is 6.92 Å². The predicted molar refractivity (Wildman–Crippen MR) is 109 cm³/mol. The van der Waals surface area contributed by atoms with E-state index in [4.69, 9.17) is 4.42 Å². The molecule has 0 amide bonds. The van der Waals surface area contributed by atoms with Gasteiger partial charge in [-0.25, -0.2) is 26.4 Å². The molecule has 0 saturated carbocycles. The van der Waals surface area contributed by atoms with Crippen LogP contribution in [0.2, 0.25) is 0 Å². The van der Waals surface area contributed by atoms with Gasteiger partial charge >= 0.3 is 5.76 Å². The molecule has 9 nitrogen and oxygen atoms in total. The van der Waals surface area contributed by atoms with Crippen molar-refractivity contribution in [1.82, 2.24) is 9.29 Å². The molecule has 11 heteroatoms. The zero-order valence-electron chi connectivity index (χ0n) is 15.9. The van der Waals surface area contributed by atoms with E-state index in [9.17, 15) is 21.6 Å². The maximum absolute atomic E-state index is 12.7. The summed E-state index contributed by atoms with van der Waals surface area (Å²) in [5.41, 5.74) is 0.690. The highest BCUT2D eigenvalue weighted by molar-refractivity contribution is 7.92. The summed E-state index contributed by atoms with van der Waals surface area (Å²) in [6.07, 6.45) is 1.54. The second-order valence-electron chi connectivity index (χ2n) is 6.44. The van der Waals surface area contributed by atoms with E-state index in [0.29, 0.717) is 18.5 Å². The topological polar surface area (TPSA) is 127 Å². The number of aromatic nitrogens is 1. The summed E-state index contributed by atoms with van der Waals surface area (Å²) in [6, 6.07) is 9.57. The van der Waals surface area contributed by atoms with Crippen molar-refractivity contribution in [3.05, 3.63) is 53.0 Å². The standard InChI is InChI=1S/C18H21N3O6S2/c1-3-4-10-19-28(23,24)14-7-5-6-13(11-14)20-29(25,26)15-8-9-16-17(12-15)27-18(22)21(16)2/h5-9,11-12,19-20H,3-4,10H2,1-2H3. The van der Waals surface area contributed by atoms with Crippen molar-refractivity contribution >= 4 is 36.8 Å². The number of oxazole rings is 1. The summed E-state index contributed by atoms with van der Waals surface area (Å²) in [5, 5.41) is 0. The molecule has 0 saturated heterocycles. The van der Waals surface area contributed by atoms with Crippen LogP contribution < -0.4 is 15.2 Å². The van der Waals surface area contributed by atoms with Gasteiger partial charge in [-0.3, -0.25) is 9.29 Å². The first-order valence-corrected chi connectivity index (χ1v) is 11.8. The number of nitrogens with zero attached hydrogens (tertiary/aromatic N) is 1. The first-order chi connectivity index (χ1) is 13.6. The van der Waals surface area contributed by atoms with Crippen LogP contribution in [0.5, 0.6) is 0 Å². The normalized spacial score (nSPS) is 12.3. The van der Waals surface area contributed by atoms with E-state index >= 15 is 0 Å². The van der Waals surface area contributed by atoms with Crippen LogP contribution in [0.3, 0.4) is 0 Å². The molecule has 0 atom stereocenters. The minimum absolute atomic E-state index is 0.0432. The highest BCUT2D eigenvalue weighted by Gasteiger charge is 2.19. The highest BCUT2D eigenvalue weighted by Crippen LogP contribution is 2.22. The van der Waals surface area contributed by atoms with Gasteiger partial charge in [0.25, 0.3) is 10.0 Å². The zero-order valence-corrected chi connectivity index (χ0v) is 17.5. The Hall–Kier alpha value is -2.63. The molecule has 0 bridgehead atoms. The van der Waals surface area contributed by atoms with Crippen molar-refractivity contribution in [2.45, 2.75) is 29.6 Å². The Morgan fingerprint density at radius 3 is 2.45 bits per heavy atom. The van der Waals surface area contributed by atoms with E-state index in [1.165, 1.54) is 54.1 Å². The second-order valence-corrected chi connectivity index (χ2v) is 9.89. The highest BCUT2D eigenvalue weighted by atomic mass is 32.2. The van der Waals surface area contributed by atoms with Gasteiger partial charge in [0.1, 0.15) is 0 Å². The molecule has 0 unspecified atom stereocenters. The Morgan fingerprint density at radius 1 is 1.00 bits per heavy atom. The Morgan fingerprint density at radius 2 is 1.72 bits per heavy atom. The summed E-state index contributed by atoms with van der Waals surface area (Å²) < 4.78 is 61.2. The van der Waals surface area contributed by atoms with Crippen LogP contribution in [-0.2, 0) is 27.1 Å². The summed E-state index contributed by atoms with van der Waals surface area (Å²) in [5.74, 6) is -0.601. The largest absolute Gasteiger partial charge is 0.419 e. The van der Waals surface area contributed by atoms with E-state index in [2.05, 4.69) is 9.44 Å². The van der Waals surface area contributed by atoms with Crippen molar-refractivity contribution in [1.29, 1.82) is 0 Å². The van der Waals surface area contributed by atoms with Crippen LogP contribution in [0.25, 0.3) is 11.1 Å². The predicted octanol–water partition coefficient (Wildman–Crippen LogP) is 2.01. The third-order valence-corrected chi connectivity index (χ3v) is 7.13. The van der Waals surface area contributed by atoms with Crippen LogP contribution in [0.4, 0.5) is 5.69 Å². The Kier molecular flexibility index (Phi) is 5.82. The van der Waals surface area contributed by atoms with Gasteiger partial charge in [-0.1, -0.05) is 19.4 Å². The van der Waals surface area contributed by atoms with Crippen LogP contribution in [0, 0.1) is 0 Å². The Labute approximate surface area is 168 Å². The molecule has 156 valence electrons. The molecule has 1 aromatic heterocycles. The van der Waals surface area contributed by atoms with E-state index in [0.717, 1.165) is 6.42 Å². The molecule has 0 aliphatic carbocycles. The molecular formula is C18H21N3O6S2. The third-order valence-electron chi connectivity index (χ3n) is 4.29. The number of fused-ring (bicyclic) bond motifs is 1. The van der Waals surface area contributed by atoms with E-state index in [1.54, 1.807) is 0 Å². The lowest BCUT2D eigenvalue weighted by atomic mass is 10.3.